The molecule has 1 rings (SSSR count). The second-order valence-electron chi connectivity index (χ2n) is 3.63. The molecule has 1 aromatic rings. The molecule has 0 aromatic heterocycles. The quantitative estimate of drug-likeness (QED) is 0.776. The van der Waals surface area contributed by atoms with Gasteiger partial charge in [-0.25, -0.2) is 0 Å². The molecule has 16 heavy (non-hydrogen) atoms. The van der Waals surface area contributed by atoms with Gasteiger partial charge in [-0.05, 0) is 24.1 Å². The predicted octanol–water partition coefficient (Wildman–Crippen LogP) is 3.01. The standard InChI is InChI=1S/C12H14ClNO2/c1-2-10(12(15)16)11(14)7-8-4-3-5-9(13)6-8/h3-6,10,14H,2,7H2,1H3,(H,15,16)/t10-/m1/s1. The lowest BCUT2D eigenvalue weighted by atomic mass is 9.95. The van der Waals surface area contributed by atoms with Crippen molar-refractivity contribution in [1.29, 1.82) is 5.41 Å². The summed E-state index contributed by atoms with van der Waals surface area (Å²) in [6.45, 7) is 1.77. The van der Waals surface area contributed by atoms with E-state index in [1.165, 1.54) is 0 Å². The van der Waals surface area contributed by atoms with Crippen LogP contribution in [0.3, 0.4) is 0 Å². The summed E-state index contributed by atoms with van der Waals surface area (Å²) in [5.41, 5.74) is 1.09. The van der Waals surface area contributed by atoms with Crippen LogP contribution < -0.4 is 0 Å². The third-order valence-corrected chi connectivity index (χ3v) is 2.65. The molecule has 86 valence electrons. The second-order valence-corrected chi connectivity index (χ2v) is 4.07. The van der Waals surface area contributed by atoms with E-state index in [1.54, 1.807) is 25.1 Å². The smallest absolute Gasteiger partial charge is 0.312 e. The molecule has 0 radical (unpaired) electrons. The third kappa shape index (κ3) is 3.35. The van der Waals surface area contributed by atoms with Gasteiger partial charge in [0.05, 0.1) is 5.92 Å². The zero-order valence-electron chi connectivity index (χ0n) is 9.03. The summed E-state index contributed by atoms with van der Waals surface area (Å²) >= 11 is 5.82. The molecule has 0 aliphatic rings. The molecule has 0 spiro atoms. The zero-order valence-corrected chi connectivity index (χ0v) is 9.79. The molecular formula is C12H14ClNO2. The van der Waals surface area contributed by atoms with Crippen LogP contribution in [-0.4, -0.2) is 16.8 Å². The van der Waals surface area contributed by atoms with Crippen LogP contribution in [-0.2, 0) is 11.2 Å². The topological polar surface area (TPSA) is 61.2 Å². The van der Waals surface area contributed by atoms with Crippen LogP contribution >= 0.6 is 11.6 Å². The number of benzene rings is 1. The van der Waals surface area contributed by atoms with Crippen molar-refractivity contribution in [2.24, 2.45) is 5.92 Å². The minimum Gasteiger partial charge on any atom is -0.481 e. The highest BCUT2D eigenvalue weighted by atomic mass is 35.5. The first-order chi connectivity index (χ1) is 7.54. The third-order valence-electron chi connectivity index (χ3n) is 2.41. The van der Waals surface area contributed by atoms with Gasteiger partial charge >= 0.3 is 5.97 Å². The molecule has 0 saturated heterocycles. The minimum atomic E-state index is -0.936. The van der Waals surface area contributed by atoms with Crippen LogP contribution in [0.15, 0.2) is 24.3 Å². The Morgan fingerprint density at radius 2 is 2.25 bits per heavy atom. The molecule has 2 N–H and O–H groups in total. The maximum Gasteiger partial charge on any atom is 0.312 e. The summed E-state index contributed by atoms with van der Waals surface area (Å²) in [7, 11) is 0. The number of carboxylic acids is 1. The lowest BCUT2D eigenvalue weighted by Crippen LogP contribution is -2.23. The number of halogens is 1. The highest BCUT2D eigenvalue weighted by Gasteiger charge is 2.20. The SMILES string of the molecule is CC[C@H](C(=N)Cc1cccc(Cl)c1)C(=O)O. The highest BCUT2D eigenvalue weighted by Crippen LogP contribution is 2.14. The fourth-order valence-electron chi connectivity index (χ4n) is 1.56. The Kier molecular flexibility index (Phi) is 4.50. The summed E-state index contributed by atoms with van der Waals surface area (Å²) in [5.74, 6) is -1.63. The first-order valence-electron chi connectivity index (χ1n) is 5.09. The van der Waals surface area contributed by atoms with E-state index in [-0.39, 0.29) is 5.71 Å². The van der Waals surface area contributed by atoms with Crippen molar-refractivity contribution in [3.05, 3.63) is 34.9 Å². The number of hydrogen-bond acceptors (Lipinski definition) is 2. The van der Waals surface area contributed by atoms with Gasteiger partial charge in [0.2, 0.25) is 0 Å². The Balaban J connectivity index is 2.74. The van der Waals surface area contributed by atoms with E-state index in [0.29, 0.717) is 17.9 Å². The Bertz CT molecular complexity index is 404. The largest absolute Gasteiger partial charge is 0.481 e. The fourth-order valence-corrected chi connectivity index (χ4v) is 1.77. The summed E-state index contributed by atoms with van der Waals surface area (Å²) in [6.07, 6.45) is 0.778. The summed E-state index contributed by atoms with van der Waals surface area (Å²) in [5, 5.41) is 17.3. The van der Waals surface area contributed by atoms with Gasteiger partial charge in [0.1, 0.15) is 0 Å². The van der Waals surface area contributed by atoms with E-state index in [9.17, 15) is 4.79 Å². The Morgan fingerprint density at radius 1 is 1.56 bits per heavy atom. The van der Waals surface area contributed by atoms with Crippen molar-refractivity contribution in [3.8, 4) is 0 Å². The number of hydrogen-bond donors (Lipinski definition) is 2. The van der Waals surface area contributed by atoms with E-state index >= 15 is 0 Å². The highest BCUT2D eigenvalue weighted by molar-refractivity contribution is 6.30. The number of carbonyl (C=O) groups is 1. The Hall–Kier alpha value is -1.35. The normalized spacial score (nSPS) is 12.1. The molecule has 0 bridgehead atoms. The molecular weight excluding hydrogens is 226 g/mol. The molecule has 0 heterocycles. The van der Waals surface area contributed by atoms with Crippen LogP contribution in [0.5, 0.6) is 0 Å². The minimum absolute atomic E-state index is 0.220. The predicted molar refractivity (Wildman–Crippen MR) is 64.3 cm³/mol. The number of rotatable bonds is 5. The van der Waals surface area contributed by atoms with Crippen LogP contribution in [0, 0.1) is 11.3 Å². The summed E-state index contributed by atoms with van der Waals surface area (Å²) < 4.78 is 0. The van der Waals surface area contributed by atoms with E-state index in [2.05, 4.69) is 0 Å². The lowest BCUT2D eigenvalue weighted by Gasteiger charge is -2.11. The van der Waals surface area contributed by atoms with Crippen molar-refractivity contribution < 1.29 is 9.90 Å². The van der Waals surface area contributed by atoms with E-state index in [4.69, 9.17) is 22.1 Å². The molecule has 4 heteroatoms. The van der Waals surface area contributed by atoms with Crippen molar-refractivity contribution in [3.63, 3.8) is 0 Å². The molecule has 3 nitrogen and oxygen atoms in total. The summed E-state index contributed by atoms with van der Waals surface area (Å²) in [4.78, 5) is 10.9. The van der Waals surface area contributed by atoms with Crippen LogP contribution in [0.25, 0.3) is 0 Å². The van der Waals surface area contributed by atoms with Crippen molar-refractivity contribution in [1.82, 2.24) is 0 Å². The van der Waals surface area contributed by atoms with Crippen molar-refractivity contribution in [2.45, 2.75) is 19.8 Å². The maximum absolute atomic E-state index is 10.9. The number of carboxylic acid groups (broad SMARTS) is 1. The molecule has 1 atom stereocenters. The van der Waals surface area contributed by atoms with Crippen molar-refractivity contribution in [2.75, 3.05) is 0 Å². The molecule has 1 aromatic carbocycles. The van der Waals surface area contributed by atoms with Gasteiger partial charge in [0, 0.05) is 17.2 Å². The number of aliphatic carboxylic acids is 1. The number of nitrogens with one attached hydrogen (secondary N) is 1. The van der Waals surface area contributed by atoms with Gasteiger partial charge in [-0.2, -0.15) is 0 Å². The summed E-state index contributed by atoms with van der Waals surface area (Å²) in [6, 6.07) is 7.15. The van der Waals surface area contributed by atoms with Gasteiger partial charge < -0.3 is 10.5 Å². The lowest BCUT2D eigenvalue weighted by molar-refractivity contribution is -0.139. The molecule has 0 aliphatic heterocycles. The first-order valence-corrected chi connectivity index (χ1v) is 5.47. The molecule has 0 unspecified atom stereocenters. The molecule has 0 aliphatic carbocycles. The fraction of sp³-hybridized carbons (Fsp3) is 0.333. The molecule has 0 amide bonds. The van der Waals surface area contributed by atoms with E-state index < -0.39 is 11.9 Å². The van der Waals surface area contributed by atoms with Gasteiger partial charge in [-0.3, -0.25) is 4.79 Å². The van der Waals surface area contributed by atoms with Crippen LogP contribution in [0.2, 0.25) is 5.02 Å². The van der Waals surface area contributed by atoms with Crippen LogP contribution in [0.4, 0.5) is 0 Å². The van der Waals surface area contributed by atoms with E-state index in [1.807, 2.05) is 6.07 Å². The van der Waals surface area contributed by atoms with E-state index in [0.717, 1.165) is 5.56 Å². The Morgan fingerprint density at radius 3 is 2.75 bits per heavy atom. The second kappa shape index (κ2) is 5.66. The molecule has 0 saturated carbocycles. The van der Waals surface area contributed by atoms with Gasteiger partial charge in [0.15, 0.2) is 0 Å². The van der Waals surface area contributed by atoms with Gasteiger partial charge in [-0.1, -0.05) is 30.7 Å². The van der Waals surface area contributed by atoms with Gasteiger partial charge in [0.25, 0.3) is 0 Å². The zero-order chi connectivity index (χ0) is 12.1. The van der Waals surface area contributed by atoms with Crippen molar-refractivity contribution >= 4 is 23.3 Å². The van der Waals surface area contributed by atoms with Gasteiger partial charge in [-0.15, -0.1) is 0 Å². The first kappa shape index (κ1) is 12.7. The average Bonchev–Trinajstić information content (AvgIpc) is 2.17. The van der Waals surface area contributed by atoms with Crippen LogP contribution in [0.1, 0.15) is 18.9 Å². The monoisotopic (exact) mass is 239 g/mol. The maximum atomic E-state index is 10.9. The average molecular weight is 240 g/mol. The Labute approximate surface area is 99.6 Å². The molecule has 0 fully saturated rings.